The Morgan fingerprint density at radius 1 is 1.35 bits per heavy atom. The Kier molecular flexibility index (Phi) is 6.07. The van der Waals surface area contributed by atoms with Crippen molar-refractivity contribution in [3.8, 4) is 0 Å². The molecule has 2 aliphatic rings. The minimum absolute atomic E-state index is 0.453. The topological polar surface area (TPSA) is 99.2 Å². The summed E-state index contributed by atoms with van der Waals surface area (Å²) in [4.78, 5) is 37.5. The van der Waals surface area contributed by atoms with Crippen LogP contribution in [0.4, 0.5) is 4.79 Å². The third-order valence-corrected chi connectivity index (χ3v) is 6.91. The van der Waals surface area contributed by atoms with E-state index in [1.54, 1.807) is 13.8 Å². The normalized spacial score (nSPS) is 30.9. The molecule has 0 spiro atoms. The summed E-state index contributed by atoms with van der Waals surface area (Å²) < 4.78 is 24.4. The van der Waals surface area contributed by atoms with E-state index >= 15 is 0 Å². The van der Waals surface area contributed by atoms with Crippen molar-refractivity contribution in [3.05, 3.63) is 0 Å². The Labute approximate surface area is 167 Å². The maximum absolute atomic E-state index is 12.8. The van der Waals surface area contributed by atoms with Gasteiger partial charge < -0.3 is 19.1 Å². The second-order valence-electron chi connectivity index (χ2n) is 6.47. The van der Waals surface area contributed by atoms with Crippen LogP contribution in [0, 0.1) is 5.92 Å². The van der Waals surface area contributed by atoms with E-state index in [0.717, 1.165) is 0 Å². The molecule has 148 valence electrons. The van der Waals surface area contributed by atoms with Gasteiger partial charge in [-0.25, -0.2) is 9.59 Å². The van der Waals surface area contributed by atoms with Crippen LogP contribution in [0.1, 0.15) is 20.8 Å². The molecule has 8 nitrogen and oxygen atoms in total. The first-order chi connectivity index (χ1) is 11.8. The first-order valence-electron chi connectivity index (χ1n) is 7.53. The Hall–Kier alpha value is -0.770. The van der Waals surface area contributed by atoms with E-state index in [4.69, 9.17) is 44.3 Å². The molecule has 1 amide bonds. The summed E-state index contributed by atoms with van der Waals surface area (Å²) in [6.45, 7) is 4.18. The molecule has 0 aromatic rings. The molecule has 2 rings (SSSR count). The molecule has 0 aliphatic carbocycles. The Morgan fingerprint density at radius 3 is 2.42 bits per heavy atom. The van der Waals surface area contributed by atoms with Gasteiger partial charge in [-0.15, -0.1) is 0 Å². The fourth-order valence-electron chi connectivity index (χ4n) is 3.12. The van der Waals surface area contributed by atoms with Gasteiger partial charge >= 0.3 is 12.1 Å². The van der Waals surface area contributed by atoms with Crippen molar-refractivity contribution in [1.82, 2.24) is 4.90 Å². The Bertz CT molecular complexity index is 651. The van der Waals surface area contributed by atoms with Crippen molar-refractivity contribution in [2.45, 2.75) is 46.8 Å². The quantitative estimate of drug-likeness (QED) is 0.365. The highest BCUT2D eigenvalue weighted by Gasteiger charge is 2.69. The summed E-state index contributed by atoms with van der Waals surface area (Å²) in [7, 11) is -0.371. The summed E-state index contributed by atoms with van der Waals surface area (Å²) in [5.74, 6) is -1.97. The van der Waals surface area contributed by atoms with Gasteiger partial charge in [0.15, 0.2) is 0 Å². The fraction of sp³-hybridized carbons (Fsp3) is 0.786. The van der Waals surface area contributed by atoms with E-state index in [9.17, 15) is 18.6 Å². The van der Waals surface area contributed by atoms with E-state index in [2.05, 4.69) is 4.74 Å². The maximum Gasteiger partial charge on any atom is 0.508 e. The summed E-state index contributed by atoms with van der Waals surface area (Å²) in [6.07, 6.45) is -2.06. The van der Waals surface area contributed by atoms with Crippen LogP contribution >= 0.6 is 34.8 Å². The van der Waals surface area contributed by atoms with Crippen LogP contribution in [0.2, 0.25) is 0 Å². The lowest BCUT2D eigenvalue weighted by Crippen LogP contribution is -2.66. The first kappa shape index (κ1) is 21.5. The average molecular weight is 451 g/mol. The van der Waals surface area contributed by atoms with E-state index in [1.165, 1.54) is 18.9 Å². The highest BCUT2D eigenvalue weighted by atomic mass is 35.6. The lowest BCUT2D eigenvalue weighted by molar-refractivity contribution is -0.170. The third kappa shape index (κ3) is 3.76. The van der Waals surface area contributed by atoms with E-state index in [0.29, 0.717) is 0 Å². The summed E-state index contributed by atoms with van der Waals surface area (Å²) in [5, 5.41) is -0.766. The van der Waals surface area contributed by atoms with Crippen molar-refractivity contribution >= 4 is 63.6 Å². The largest absolute Gasteiger partial charge is 0.508 e. The predicted octanol–water partition coefficient (Wildman–Crippen LogP) is 1.77. The van der Waals surface area contributed by atoms with Gasteiger partial charge in [0, 0.05) is 0 Å². The van der Waals surface area contributed by atoms with Crippen LogP contribution in [-0.4, -0.2) is 66.9 Å². The average Bonchev–Trinajstić information content (AvgIpc) is 2.69. The van der Waals surface area contributed by atoms with E-state index in [1.807, 2.05) is 0 Å². The van der Waals surface area contributed by atoms with Gasteiger partial charge in [0.25, 0.3) is 0 Å². The van der Waals surface area contributed by atoms with Crippen molar-refractivity contribution < 1.29 is 32.8 Å². The molecule has 26 heavy (non-hydrogen) atoms. The number of nitrogens with zero attached hydrogens (tertiary/aromatic N) is 1. The van der Waals surface area contributed by atoms with Crippen molar-refractivity contribution in [2.24, 2.45) is 5.92 Å². The van der Waals surface area contributed by atoms with Crippen molar-refractivity contribution in [1.29, 1.82) is 0 Å². The summed E-state index contributed by atoms with van der Waals surface area (Å²) >= 11 is 16.4. The molecule has 5 atom stereocenters. The monoisotopic (exact) mass is 449 g/mol. The van der Waals surface area contributed by atoms with E-state index < -0.39 is 67.4 Å². The highest BCUT2D eigenvalue weighted by molar-refractivity contribution is 7.87. The third-order valence-electron chi connectivity index (χ3n) is 4.36. The fourth-order valence-corrected chi connectivity index (χ4v) is 5.37. The molecule has 2 fully saturated rings. The van der Waals surface area contributed by atoms with Crippen LogP contribution in [0.25, 0.3) is 0 Å². The van der Waals surface area contributed by atoms with Gasteiger partial charge in [-0.3, -0.25) is 9.00 Å². The van der Waals surface area contributed by atoms with Gasteiger partial charge in [-0.2, -0.15) is 0 Å². The molecule has 2 aliphatic heterocycles. The van der Waals surface area contributed by atoms with Crippen LogP contribution in [0.15, 0.2) is 0 Å². The molecule has 2 saturated heterocycles. The Balaban J connectivity index is 2.09. The Morgan fingerprint density at radius 2 is 1.92 bits per heavy atom. The number of carbonyl (C=O) groups excluding carboxylic acids is 3. The molecule has 0 N–H and O–H groups in total. The number of hydrogen-bond donors (Lipinski definition) is 0. The molecular weight excluding hydrogens is 433 g/mol. The predicted molar refractivity (Wildman–Crippen MR) is 94.3 cm³/mol. The molecule has 12 heteroatoms. The minimum Gasteiger partial charge on any atom is -0.467 e. The zero-order valence-electron chi connectivity index (χ0n) is 14.4. The molecule has 0 aromatic carbocycles. The lowest BCUT2D eigenvalue weighted by Gasteiger charge is -2.45. The van der Waals surface area contributed by atoms with Gasteiger partial charge in [-0.1, -0.05) is 34.8 Å². The van der Waals surface area contributed by atoms with Crippen LogP contribution in [0.5, 0.6) is 0 Å². The second-order valence-corrected chi connectivity index (χ2v) is 11.1. The molecule has 2 heterocycles. The van der Waals surface area contributed by atoms with Crippen LogP contribution in [0.3, 0.4) is 0 Å². The lowest BCUT2D eigenvalue weighted by atomic mass is 9.88. The molecule has 0 radical (unpaired) electrons. The van der Waals surface area contributed by atoms with Crippen molar-refractivity contribution in [2.75, 3.05) is 13.7 Å². The highest BCUT2D eigenvalue weighted by Crippen LogP contribution is 2.48. The molecule has 0 saturated carbocycles. The number of rotatable bonds is 4. The number of halogens is 3. The number of β-lactam (4-membered cyclic amide) rings is 1. The van der Waals surface area contributed by atoms with Gasteiger partial charge in [0.1, 0.15) is 30.0 Å². The molecular formula is C14H18Cl3NO7S. The SMILES string of the molecule is COC(=O)[C@@H]1N2C(=O)[C@@H]([C@@H](C)OC(=O)OCC(Cl)(Cl)Cl)[C@H]2S(=O)C1(C)C. The number of esters is 1. The number of hydrogen-bond acceptors (Lipinski definition) is 7. The van der Waals surface area contributed by atoms with Crippen LogP contribution < -0.4 is 0 Å². The van der Waals surface area contributed by atoms with E-state index in [-0.39, 0.29) is 0 Å². The minimum atomic E-state index is -1.80. The smallest absolute Gasteiger partial charge is 0.467 e. The number of fused-ring (bicyclic) bond motifs is 1. The van der Waals surface area contributed by atoms with Gasteiger partial charge in [0.05, 0.1) is 22.7 Å². The molecule has 0 bridgehead atoms. The standard InChI is InChI=1S/C14H18Cl3NO7S/c1-6(25-12(21)24-5-14(15,16)17)7-9(19)18-8(11(20)23-4)13(2,3)26(22)10(7)18/h6-8,10H,5H2,1-4H3/t6-,7-,8+,10-,26?/m1/s1. The number of amides is 1. The van der Waals surface area contributed by atoms with Crippen molar-refractivity contribution in [3.63, 3.8) is 0 Å². The maximum atomic E-state index is 12.8. The first-order valence-corrected chi connectivity index (χ1v) is 9.88. The zero-order valence-corrected chi connectivity index (χ0v) is 17.4. The summed E-state index contributed by atoms with van der Waals surface area (Å²) in [5.41, 5.74) is 0. The number of alkyl halides is 3. The summed E-state index contributed by atoms with van der Waals surface area (Å²) in [6, 6.07) is -0.967. The molecule has 0 aromatic heterocycles. The van der Waals surface area contributed by atoms with Crippen LogP contribution in [-0.2, 0) is 34.6 Å². The number of ether oxygens (including phenoxy) is 3. The molecule has 1 unspecified atom stereocenters. The number of methoxy groups -OCH3 is 1. The second kappa shape index (κ2) is 7.33. The zero-order chi connectivity index (χ0) is 20.0. The van der Waals surface area contributed by atoms with Gasteiger partial charge in [-0.05, 0) is 20.8 Å². The number of carbonyl (C=O) groups is 3. The van der Waals surface area contributed by atoms with Gasteiger partial charge in [0.2, 0.25) is 9.70 Å².